The van der Waals surface area contributed by atoms with Crippen LogP contribution in [0.4, 0.5) is 16.2 Å². The van der Waals surface area contributed by atoms with Gasteiger partial charge in [0.1, 0.15) is 0 Å². The van der Waals surface area contributed by atoms with E-state index in [9.17, 15) is 4.79 Å². The van der Waals surface area contributed by atoms with Gasteiger partial charge in [-0.1, -0.05) is 48.5 Å². The minimum Gasteiger partial charge on any atom is -0.365 e. The average Bonchev–Trinajstić information content (AvgIpc) is 2.64. The van der Waals surface area contributed by atoms with Crippen molar-refractivity contribution in [2.24, 2.45) is 0 Å². The molecule has 0 aromatic heterocycles. The second kappa shape index (κ2) is 7.08. The van der Waals surface area contributed by atoms with E-state index in [0.717, 1.165) is 30.7 Å². The molecular formula is C22H23N3O. The van der Waals surface area contributed by atoms with Crippen molar-refractivity contribution in [3.63, 3.8) is 0 Å². The van der Waals surface area contributed by atoms with E-state index < -0.39 is 0 Å². The van der Waals surface area contributed by atoms with E-state index >= 15 is 0 Å². The molecule has 26 heavy (non-hydrogen) atoms. The number of amides is 2. The van der Waals surface area contributed by atoms with Gasteiger partial charge in [-0.05, 0) is 42.0 Å². The number of rotatable bonds is 4. The Labute approximate surface area is 154 Å². The molecule has 0 aliphatic carbocycles. The largest absolute Gasteiger partial charge is 0.365 e. The number of para-hydroxylation sites is 1. The quantitative estimate of drug-likeness (QED) is 0.751. The Balaban J connectivity index is 1.38. The summed E-state index contributed by atoms with van der Waals surface area (Å²) < 4.78 is 0. The van der Waals surface area contributed by atoms with Crippen molar-refractivity contribution in [3.05, 3.63) is 72.8 Å². The molecule has 0 atom stereocenters. The molecule has 4 nitrogen and oxygen atoms in total. The molecule has 132 valence electrons. The van der Waals surface area contributed by atoms with Crippen LogP contribution in [0.25, 0.3) is 10.8 Å². The van der Waals surface area contributed by atoms with Crippen LogP contribution < -0.4 is 10.2 Å². The number of anilines is 2. The molecule has 4 heteroatoms. The van der Waals surface area contributed by atoms with Crippen molar-refractivity contribution >= 4 is 28.2 Å². The van der Waals surface area contributed by atoms with Crippen LogP contribution in [0.2, 0.25) is 0 Å². The maximum atomic E-state index is 12.5. The predicted molar refractivity (Wildman–Crippen MR) is 108 cm³/mol. The lowest BCUT2D eigenvalue weighted by atomic mass is 10.1. The lowest BCUT2D eigenvalue weighted by Crippen LogP contribution is -2.62. The fourth-order valence-electron chi connectivity index (χ4n) is 3.56. The van der Waals surface area contributed by atoms with E-state index in [4.69, 9.17) is 0 Å². The van der Waals surface area contributed by atoms with Crippen LogP contribution in [0.1, 0.15) is 6.92 Å². The number of hydrogen-bond acceptors (Lipinski definition) is 2. The molecule has 4 rings (SSSR count). The lowest BCUT2D eigenvalue weighted by molar-refractivity contribution is 0.161. The standard InChI is InChI=1S/C22H23N3O/c1-2-25(20-10-4-3-5-11-20)21-15-24(16-21)22(26)23-19-13-12-17-8-6-7-9-18(17)14-19/h3-14,21H,2,15-16H2,1H3,(H,23,26). The SMILES string of the molecule is CCN(c1ccccc1)C1CN(C(=O)Nc2ccc3ccccc3c2)C1. The van der Waals surface area contributed by atoms with Crippen LogP contribution in [-0.2, 0) is 0 Å². The predicted octanol–water partition coefficient (Wildman–Crippen LogP) is 4.58. The number of nitrogens with one attached hydrogen (secondary N) is 1. The van der Waals surface area contributed by atoms with Gasteiger partial charge in [0.15, 0.2) is 0 Å². The van der Waals surface area contributed by atoms with Crippen molar-refractivity contribution in [1.82, 2.24) is 4.90 Å². The van der Waals surface area contributed by atoms with Crippen LogP contribution in [-0.4, -0.2) is 36.6 Å². The molecule has 0 spiro atoms. The maximum Gasteiger partial charge on any atom is 0.321 e. The Bertz CT molecular complexity index is 903. The van der Waals surface area contributed by atoms with Crippen LogP contribution in [0.5, 0.6) is 0 Å². The molecule has 1 saturated heterocycles. The van der Waals surface area contributed by atoms with E-state index in [1.54, 1.807) is 0 Å². The second-order valence-corrected chi connectivity index (χ2v) is 6.67. The highest BCUT2D eigenvalue weighted by molar-refractivity contribution is 5.94. The van der Waals surface area contributed by atoms with Gasteiger partial charge >= 0.3 is 6.03 Å². The molecule has 0 radical (unpaired) electrons. The summed E-state index contributed by atoms with van der Waals surface area (Å²) in [4.78, 5) is 16.7. The van der Waals surface area contributed by atoms with E-state index in [-0.39, 0.29) is 6.03 Å². The Morgan fingerprint density at radius 3 is 2.42 bits per heavy atom. The normalized spacial score (nSPS) is 14.1. The average molecular weight is 345 g/mol. The summed E-state index contributed by atoms with van der Waals surface area (Å²) in [5.41, 5.74) is 2.06. The number of likely N-dealkylation sites (tertiary alicyclic amines) is 1. The Hall–Kier alpha value is -3.01. The molecule has 1 fully saturated rings. The van der Waals surface area contributed by atoms with Crippen molar-refractivity contribution in [3.8, 4) is 0 Å². The first-order valence-electron chi connectivity index (χ1n) is 9.11. The first-order valence-corrected chi connectivity index (χ1v) is 9.11. The number of hydrogen-bond donors (Lipinski definition) is 1. The summed E-state index contributed by atoms with van der Waals surface area (Å²) in [6, 6.07) is 24.9. The molecule has 0 bridgehead atoms. The van der Waals surface area contributed by atoms with Crippen LogP contribution in [0.3, 0.4) is 0 Å². The zero-order chi connectivity index (χ0) is 17.9. The van der Waals surface area contributed by atoms with Crippen molar-refractivity contribution in [1.29, 1.82) is 0 Å². The van der Waals surface area contributed by atoms with Gasteiger partial charge in [-0.25, -0.2) is 4.79 Å². The first kappa shape index (κ1) is 16.5. The van der Waals surface area contributed by atoms with Crippen LogP contribution >= 0.6 is 0 Å². The summed E-state index contributed by atoms with van der Waals surface area (Å²) in [6.45, 7) is 4.60. The van der Waals surface area contributed by atoms with Crippen molar-refractivity contribution in [2.45, 2.75) is 13.0 Å². The summed E-state index contributed by atoms with van der Waals surface area (Å²) >= 11 is 0. The molecule has 3 aromatic carbocycles. The summed E-state index contributed by atoms with van der Waals surface area (Å²) in [6.07, 6.45) is 0. The zero-order valence-corrected chi connectivity index (χ0v) is 14.9. The molecule has 2 amide bonds. The van der Waals surface area contributed by atoms with Gasteiger partial charge in [0, 0.05) is 31.0 Å². The van der Waals surface area contributed by atoms with Gasteiger partial charge in [0.05, 0.1) is 6.04 Å². The topological polar surface area (TPSA) is 35.6 Å². The smallest absolute Gasteiger partial charge is 0.321 e. The third kappa shape index (κ3) is 3.23. The number of benzene rings is 3. The zero-order valence-electron chi connectivity index (χ0n) is 14.9. The van der Waals surface area contributed by atoms with E-state index in [2.05, 4.69) is 53.5 Å². The molecule has 1 aliphatic heterocycles. The van der Waals surface area contributed by atoms with Gasteiger partial charge in [0.25, 0.3) is 0 Å². The fourth-order valence-corrected chi connectivity index (χ4v) is 3.56. The molecule has 1 heterocycles. The highest BCUT2D eigenvalue weighted by Crippen LogP contribution is 2.24. The number of nitrogens with zero attached hydrogens (tertiary/aromatic N) is 2. The number of urea groups is 1. The van der Waals surface area contributed by atoms with Crippen molar-refractivity contribution in [2.75, 3.05) is 29.9 Å². The third-order valence-electron chi connectivity index (χ3n) is 5.02. The Morgan fingerprint density at radius 2 is 1.69 bits per heavy atom. The van der Waals surface area contributed by atoms with E-state index in [1.165, 1.54) is 11.1 Å². The number of fused-ring (bicyclic) bond motifs is 1. The molecular weight excluding hydrogens is 322 g/mol. The highest BCUT2D eigenvalue weighted by Gasteiger charge is 2.34. The lowest BCUT2D eigenvalue weighted by Gasteiger charge is -2.46. The van der Waals surface area contributed by atoms with E-state index in [0.29, 0.717) is 6.04 Å². The minimum absolute atomic E-state index is 0.0272. The van der Waals surface area contributed by atoms with Crippen LogP contribution in [0.15, 0.2) is 72.8 Å². The monoisotopic (exact) mass is 345 g/mol. The number of carbonyl (C=O) groups is 1. The summed E-state index contributed by atoms with van der Waals surface area (Å²) in [5.74, 6) is 0. The summed E-state index contributed by atoms with van der Waals surface area (Å²) in [5, 5.41) is 5.33. The molecule has 3 aromatic rings. The summed E-state index contributed by atoms with van der Waals surface area (Å²) in [7, 11) is 0. The van der Waals surface area contributed by atoms with E-state index in [1.807, 2.05) is 41.3 Å². The second-order valence-electron chi connectivity index (χ2n) is 6.67. The Kier molecular flexibility index (Phi) is 4.48. The van der Waals surface area contributed by atoms with Gasteiger partial charge in [-0.2, -0.15) is 0 Å². The first-order chi connectivity index (χ1) is 12.7. The fraction of sp³-hybridized carbons (Fsp3) is 0.227. The van der Waals surface area contributed by atoms with Gasteiger partial charge < -0.3 is 15.1 Å². The number of carbonyl (C=O) groups excluding carboxylic acids is 1. The Morgan fingerprint density at radius 1 is 1.00 bits per heavy atom. The van der Waals surface area contributed by atoms with Crippen LogP contribution in [0, 0.1) is 0 Å². The number of likely N-dealkylation sites (N-methyl/N-ethyl adjacent to an activating group) is 1. The van der Waals surface area contributed by atoms with Gasteiger partial charge in [-0.3, -0.25) is 0 Å². The highest BCUT2D eigenvalue weighted by atomic mass is 16.2. The molecule has 0 unspecified atom stereocenters. The molecule has 1 N–H and O–H groups in total. The third-order valence-corrected chi connectivity index (χ3v) is 5.02. The maximum absolute atomic E-state index is 12.5. The van der Waals surface area contributed by atoms with Crippen molar-refractivity contribution < 1.29 is 4.79 Å². The van der Waals surface area contributed by atoms with Gasteiger partial charge in [0.2, 0.25) is 0 Å². The molecule has 0 saturated carbocycles. The molecule has 1 aliphatic rings. The minimum atomic E-state index is -0.0272. The van der Waals surface area contributed by atoms with Gasteiger partial charge in [-0.15, -0.1) is 0 Å².